The molecule has 0 atom stereocenters. The molecule has 0 aromatic carbocycles. The second-order valence-corrected chi connectivity index (χ2v) is 6.23. The van der Waals surface area contributed by atoms with Crippen LogP contribution in [0.4, 0.5) is 0 Å². The molecule has 0 bridgehead atoms. The molecular formula is C12H15Br2NO3. The van der Waals surface area contributed by atoms with Crippen LogP contribution in [-0.2, 0) is 11.3 Å². The van der Waals surface area contributed by atoms with Crippen LogP contribution >= 0.6 is 31.9 Å². The summed E-state index contributed by atoms with van der Waals surface area (Å²) in [4.78, 5) is 12.9. The topological polar surface area (TPSA) is 53.7 Å². The first-order valence-electron chi connectivity index (χ1n) is 5.92. The number of carboxylic acids is 1. The van der Waals surface area contributed by atoms with Crippen molar-refractivity contribution in [1.82, 2.24) is 4.90 Å². The lowest BCUT2D eigenvalue weighted by atomic mass is 9.93. The Hall–Kier alpha value is -0.330. The lowest BCUT2D eigenvalue weighted by molar-refractivity contribution is -0.138. The lowest BCUT2D eigenvalue weighted by Crippen LogP contribution is -2.33. The monoisotopic (exact) mass is 379 g/mol. The van der Waals surface area contributed by atoms with Crippen molar-refractivity contribution in [2.45, 2.75) is 25.8 Å². The zero-order valence-electron chi connectivity index (χ0n) is 9.86. The number of likely N-dealkylation sites (tertiary alicyclic amines) is 1. The van der Waals surface area contributed by atoms with Crippen molar-refractivity contribution in [2.75, 3.05) is 13.1 Å². The van der Waals surface area contributed by atoms with Gasteiger partial charge in [0, 0.05) is 6.42 Å². The number of nitrogens with zero attached hydrogens (tertiary/aromatic N) is 1. The van der Waals surface area contributed by atoms with Crippen molar-refractivity contribution >= 4 is 37.8 Å². The van der Waals surface area contributed by atoms with Crippen LogP contribution in [0, 0.1) is 5.92 Å². The number of carboxylic acid groups (broad SMARTS) is 1. The number of carbonyl (C=O) groups is 1. The summed E-state index contributed by atoms with van der Waals surface area (Å²) < 4.78 is 7.19. The molecule has 1 aliphatic heterocycles. The molecule has 0 radical (unpaired) electrons. The van der Waals surface area contributed by atoms with Gasteiger partial charge in [-0.05, 0) is 69.8 Å². The van der Waals surface area contributed by atoms with E-state index in [9.17, 15) is 4.79 Å². The molecule has 18 heavy (non-hydrogen) atoms. The summed E-state index contributed by atoms with van der Waals surface area (Å²) in [7, 11) is 0. The van der Waals surface area contributed by atoms with Crippen molar-refractivity contribution in [3.63, 3.8) is 0 Å². The van der Waals surface area contributed by atoms with Gasteiger partial charge >= 0.3 is 5.97 Å². The standard InChI is InChI=1S/C12H15Br2NO3/c13-10-6-9(18-12(10)14)7-15-3-1-8(2-4-15)5-11(16)17/h6,8H,1-5,7H2,(H,16,17). The molecule has 2 heterocycles. The summed E-state index contributed by atoms with van der Waals surface area (Å²) in [6, 6.07) is 1.97. The molecule has 6 heteroatoms. The number of furan rings is 1. The maximum Gasteiger partial charge on any atom is 0.303 e. The third kappa shape index (κ3) is 3.83. The molecule has 0 saturated carbocycles. The molecule has 1 N–H and O–H groups in total. The third-order valence-corrected chi connectivity index (χ3v) is 4.96. The van der Waals surface area contributed by atoms with E-state index < -0.39 is 5.97 Å². The minimum atomic E-state index is -0.688. The Kier molecular flexibility index (Phi) is 4.86. The summed E-state index contributed by atoms with van der Waals surface area (Å²) in [6.45, 7) is 2.66. The van der Waals surface area contributed by atoms with E-state index in [4.69, 9.17) is 9.52 Å². The van der Waals surface area contributed by atoms with Crippen LogP contribution in [0.2, 0.25) is 0 Å². The molecule has 4 nitrogen and oxygen atoms in total. The van der Waals surface area contributed by atoms with E-state index in [2.05, 4.69) is 36.8 Å². The Morgan fingerprint density at radius 2 is 2.11 bits per heavy atom. The SMILES string of the molecule is O=C(O)CC1CCN(Cc2cc(Br)c(Br)o2)CC1. The van der Waals surface area contributed by atoms with Gasteiger partial charge in [0.1, 0.15) is 5.76 Å². The molecule has 1 saturated heterocycles. The van der Waals surface area contributed by atoms with Gasteiger partial charge in [0.05, 0.1) is 11.0 Å². The zero-order valence-corrected chi connectivity index (χ0v) is 13.0. The van der Waals surface area contributed by atoms with Gasteiger partial charge in [-0.2, -0.15) is 0 Å². The fraction of sp³-hybridized carbons (Fsp3) is 0.583. The highest BCUT2D eigenvalue weighted by Gasteiger charge is 2.22. The van der Waals surface area contributed by atoms with E-state index in [0.717, 1.165) is 47.4 Å². The number of halogens is 2. The fourth-order valence-electron chi connectivity index (χ4n) is 2.29. The van der Waals surface area contributed by atoms with Crippen molar-refractivity contribution < 1.29 is 14.3 Å². The predicted molar refractivity (Wildman–Crippen MR) is 74.4 cm³/mol. The highest BCUT2D eigenvalue weighted by atomic mass is 79.9. The molecule has 0 amide bonds. The van der Waals surface area contributed by atoms with Crippen molar-refractivity contribution in [2.24, 2.45) is 5.92 Å². The normalized spacial score (nSPS) is 18.1. The number of rotatable bonds is 4. The highest BCUT2D eigenvalue weighted by molar-refractivity contribution is 9.13. The van der Waals surface area contributed by atoms with Gasteiger partial charge in [0.2, 0.25) is 0 Å². The van der Waals surface area contributed by atoms with Gasteiger partial charge in [-0.1, -0.05) is 0 Å². The van der Waals surface area contributed by atoms with Crippen LogP contribution < -0.4 is 0 Å². The van der Waals surface area contributed by atoms with E-state index in [1.807, 2.05) is 6.07 Å². The van der Waals surface area contributed by atoms with Crippen LogP contribution in [-0.4, -0.2) is 29.1 Å². The van der Waals surface area contributed by atoms with Crippen molar-refractivity contribution in [3.8, 4) is 0 Å². The van der Waals surface area contributed by atoms with Crippen molar-refractivity contribution in [1.29, 1.82) is 0 Å². The Morgan fingerprint density at radius 3 is 2.61 bits per heavy atom. The first-order chi connectivity index (χ1) is 8.54. The summed E-state index contributed by atoms with van der Waals surface area (Å²) in [5.41, 5.74) is 0. The molecule has 1 aromatic rings. The van der Waals surface area contributed by atoms with Gasteiger partial charge in [-0.15, -0.1) is 0 Å². The highest BCUT2D eigenvalue weighted by Crippen LogP contribution is 2.28. The number of hydrogen-bond acceptors (Lipinski definition) is 3. The third-order valence-electron chi connectivity index (χ3n) is 3.25. The minimum Gasteiger partial charge on any atom is -0.481 e. The van der Waals surface area contributed by atoms with Gasteiger partial charge < -0.3 is 9.52 Å². The van der Waals surface area contributed by atoms with E-state index in [1.54, 1.807) is 0 Å². The average molecular weight is 381 g/mol. The van der Waals surface area contributed by atoms with Gasteiger partial charge in [0.25, 0.3) is 0 Å². The fourth-order valence-corrected chi connectivity index (χ4v) is 2.94. The van der Waals surface area contributed by atoms with Crippen LogP contribution in [0.1, 0.15) is 25.0 Å². The first-order valence-corrected chi connectivity index (χ1v) is 7.51. The quantitative estimate of drug-likeness (QED) is 0.868. The molecule has 0 aliphatic carbocycles. The lowest BCUT2D eigenvalue weighted by Gasteiger charge is -2.30. The smallest absolute Gasteiger partial charge is 0.303 e. The van der Waals surface area contributed by atoms with Crippen LogP contribution in [0.25, 0.3) is 0 Å². The minimum absolute atomic E-state index is 0.297. The second kappa shape index (κ2) is 6.21. The number of aliphatic carboxylic acids is 1. The summed E-state index contributed by atoms with van der Waals surface area (Å²) >= 11 is 6.71. The molecule has 1 aromatic heterocycles. The summed E-state index contributed by atoms with van der Waals surface area (Å²) in [5.74, 6) is 0.562. The average Bonchev–Trinajstić information content (AvgIpc) is 2.60. The van der Waals surface area contributed by atoms with E-state index in [1.165, 1.54) is 0 Å². The van der Waals surface area contributed by atoms with E-state index in [0.29, 0.717) is 12.3 Å². The molecule has 0 spiro atoms. The summed E-state index contributed by atoms with van der Waals surface area (Å²) in [6.07, 6.45) is 2.20. The van der Waals surface area contributed by atoms with Crippen LogP contribution in [0.15, 0.2) is 19.6 Å². The molecule has 1 fully saturated rings. The molecular weight excluding hydrogens is 366 g/mol. The largest absolute Gasteiger partial charge is 0.481 e. The Balaban J connectivity index is 1.81. The summed E-state index contributed by atoms with van der Waals surface area (Å²) in [5, 5.41) is 8.76. The van der Waals surface area contributed by atoms with Crippen molar-refractivity contribution in [3.05, 3.63) is 21.0 Å². The second-order valence-electron chi connectivity index (χ2n) is 4.65. The first kappa shape index (κ1) is 14.1. The Morgan fingerprint density at radius 1 is 1.44 bits per heavy atom. The van der Waals surface area contributed by atoms with E-state index in [-0.39, 0.29) is 0 Å². The van der Waals surface area contributed by atoms with Gasteiger partial charge in [-0.3, -0.25) is 9.69 Å². The number of piperidine rings is 1. The maximum atomic E-state index is 10.6. The van der Waals surface area contributed by atoms with Gasteiger partial charge in [0.15, 0.2) is 4.67 Å². The Labute approximate surface area is 123 Å². The van der Waals surface area contributed by atoms with Crippen LogP contribution in [0.3, 0.4) is 0 Å². The maximum absolute atomic E-state index is 10.6. The van der Waals surface area contributed by atoms with E-state index >= 15 is 0 Å². The Bertz CT molecular complexity index is 405. The molecule has 1 aliphatic rings. The molecule has 100 valence electrons. The van der Waals surface area contributed by atoms with Gasteiger partial charge in [-0.25, -0.2) is 0 Å². The molecule has 2 rings (SSSR count). The zero-order chi connectivity index (χ0) is 13.1. The molecule has 0 unspecified atom stereocenters. The van der Waals surface area contributed by atoms with Crippen LogP contribution in [0.5, 0.6) is 0 Å². The predicted octanol–water partition coefficient (Wildman–Crippen LogP) is 3.49. The number of hydrogen-bond donors (Lipinski definition) is 1.